The second-order valence-corrected chi connectivity index (χ2v) is 8.69. The molecule has 0 N–H and O–H groups in total. The fourth-order valence-corrected chi connectivity index (χ4v) is 4.85. The number of hydrogen-bond acceptors (Lipinski definition) is 6. The van der Waals surface area contributed by atoms with Crippen molar-refractivity contribution in [2.24, 2.45) is 0 Å². The van der Waals surface area contributed by atoms with Gasteiger partial charge in [-0.2, -0.15) is 0 Å². The van der Waals surface area contributed by atoms with Gasteiger partial charge >= 0.3 is 0 Å². The SMILES string of the molecule is COc1cc(C(=O)N(Cc2ccccc2)c2nc3cc(C)cc(C)c3s2)cc(OC)c1OC. The Labute approximate surface area is 197 Å². The number of ether oxygens (including phenoxy) is 3. The van der Waals surface area contributed by atoms with Gasteiger partial charge in [0.2, 0.25) is 5.75 Å². The van der Waals surface area contributed by atoms with Crippen LogP contribution in [0, 0.1) is 13.8 Å². The number of amides is 1. The van der Waals surface area contributed by atoms with Gasteiger partial charge in [0, 0.05) is 5.56 Å². The molecule has 0 atom stereocenters. The van der Waals surface area contributed by atoms with Gasteiger partial charge in [-0.25, -0.2) is 4.98 Å². The molecule has 0 spiro atoms. The zero-order chi connectivity index (χ0) is 23.5. The highest BCUT2D eigenvalue weighted by atomic mass is 32.1. The lowest BCUT2D eigenvalue weighted by atomic mass is 10.1. The van der Waals surface area contributed by atoms with Gasteiger partial charge in [0.15, 0.2) is 16.6 Å². The Kier molecular flexibility index (Phi) is 6.51. The summed E-state index contributed by atoms with van der Waals surface area (Å²) in [6.07, 6.45) is 0. The molecule has 1 amide bonds. The maximum absolute atomic E-state index is 13.9. The molecule has 33 heavy (non-hydrogen) atoms. The predicted octanol–water partition coefficient (Wildman–Crippen LogP) is 5.79. The minimum atomic E-state index is -0.202. The fraction of sp³-hybridized carbons (Fsp3) is 0.231. The lowest BCUT2D eigenvalue weighted by molar-refractivity contribution is 0.0984. The highest BCUT2D eigenvalue weighted by Crippen LogP contribution is 2.39. The van der Waals surface area contributed by atoms with Crippen LogP contribution in [0.15, 0.2) is 54.6 Å². The van der Waals surface area contributed by atoms with Gasteiger partial charge < -0.3 is 14.2 Å². The van der Waals surface area contributed by atoms with Gasteiger partial charge in [0.25, 0.3) is 5.91 Å². The summed E-state index contributed by atoms with van der Waals surface area (Å²) in [6, 6.07) is 17.4. The van der Waals surface area contributed by atoms with Crippen molar-refractivity contribution in [1.82, 2.24) is 4.98 Å². The largest absolute Gasteiger partial charge is 0.493 e. The van der Waals surface area contributed by atoms with Crippen molar-refractivity contribution < 1.29 is 19.0 Å². The van der Waals surface area contributed by atoms with Crippen LogP contribution in [0.4, 0.5) is 5.13 Å². The third-order valence-electron chi connectivity index (χ3n) is 5.38. The number of aryl methyl sites for hydroxylation is 2. The Morgan fingerprint density at radius 2 is 1.61 bits per heavy atom. The van der Waals surface area contributed by atoms with Crippen LogP contribution in [-0.4, -0.2) is 32.2 Å². The predicted molar refractivity (Wildman–Crippen MR) is 132 cm³/mol. The zero-order valence-corrected chi connectivity index (χ0v) is 20.2. The van der Waals surface area contributed by atoms with Crippen LogP contribution in [0.2, 0.25) is 0 Å². The van der Waals surface area contributed by atoms with E-state index < -0.39 is 0 Å². The number of aromatic nitrogens is 1. The Bertz CT molecular complexity index is 1280. The Morgan fingerprint density at radius 1 is 0.939 bits per heavy atom. The van der Waals surface area contributed by atoms with Gasteiger partial charge in [-0.15, -0.1) is 0 Å². The summed E-state index contributed by atoms with van der Waals surface area (Å²) in [6.45, 7) is 4.50. The van der Waals surface area contributed by atoms with Crippen molar-refractivity contribution in [2.45, 2.75) is 20.4 Å². The number of hydrogen-bond donors (Lipinski definition) is 0. The van der Waals surface area contributed by atoms with Crippen LogP contribution in [0.5, 0.6) is 17.2 Å². The van der Waals surface area contributed by atoms with Gasteiger partial charge in [-0.05, 0) is 48.7 Å². The number of rotatable bonds is 7. The summed E-state index contributed by atoms with van der Waals surface area (Å²) in [4.78, 5) is 20.4. The Hall–Kier alpha value is -3.58. The third kappa shape index (κ3) is 4.50. The molecule has 4 rings (SSSR count). The number of methoxy groups -OCH3 is 3. The molecule has 0 aliphatic rings. The topological polar surface area (TPSA) is 60.9 Å². The molecule has 6 nitrogen and oxygen atoms in total. The van der Waals surface area contributed by atoms with Crippen LogP contribution in [0.3, 0.4) is 0 Å². The highest BCUT2D eigenvalue weighted by molar-refractivity contribution is 7.22. The molecule has 0 aliphatic heterocycles. The van der Waals surface area contributed by atoms with E-state index in [0.717, 1.165) is 26.9 Å². The van der Waals surface area contributed by atoms with Crippen LogP contribution in [0.1, 0.15) is 27.0 Å². The molecule has 0 unspecified atom stereocenters. The Morgan fingerprint density at radius 3 is 2.21 bits per heavy atom. The van der Waals surface area contributed by atoms with Gasteiger partial charge in [0.1, 0.15) is 0 Å². The molecule has 7 heteroatoms. The zero-order valence-electron chi connectivity index (χ0n) is 19.3. The number of fused-ring (bicyclic) bond motifs is 1. The van der Waals surface area contributed by atoms with Crippen LogP contribution >= 0.6 is 11.3 Å². The number of anilines is 1. The van der Waals surface area contributed by atoms with Crippen molar-refractivity contribution >= 4 is 32.6 Å². The van der Waals surface area contributed by atoms with E-state index in [9.17, 15) is 4.79 Å². The van der Waals surface area contributed by atoms with E-state index in [1.165, 1.54) is 32.7 Å². The van der Waals surface area contributed by atoms with Gasteiger partial charge in [-0.3, -0.25) is 9.69 Å². The smallest absolute Gasteiger partial charge is 0.260 e. The molecule has 170 valence electrons. The van der Waals surface area contributed by atoms with Crippen LogP contribution in [0.25, 0.3) is 10.2 Å². The first kappa shape index (κ1) is 22.6. The van der Waals surface area contributed by atoms with Crippen molar-refractivity contribution in [2.75, 3.05) is 26.2 Å². The van der Waals surface area contributed by atoms with E-state index in [-0.39, 0.29) is 5.91 Å². The summed E-state index contributed by atoms with van der Waals surface area (Å²) in [5.74, 6) is 1.09. The molecule has 3 aromatic carbocycles. The lowest BCUT2D eigenvalue weighted by Gasteiger charge is -2.21. The monoisotopic (exact) mass is 462 g/mol. The van der Waals surface area contributed by atoms with Gasteiger partial charge in [-0.1, -0.05) is 47.7 Å². The molecule has 0 radical (unpaired) electrons. The summed E-state index contributed by atoms with van der Waals surface area (Å²) in [7, 11) is 4.60. The number of carbonyl (C=O) groups excluding carboxylic acids is 1. The third-order valence-corrected chi connectivity index (χ3v) is 6.61. The van der Waals surface area contributed by atoms with E-state index in [2.05, 4.69) is 13.0 Å². The van der Waals surface area contributed by atoms with E-state index in [1.54, 1.807) is 17.0 Å². The Balaban J connectivity index is 1.83. The highest BCUT2D eigenvalue weighted by Gasteiger charge is 2.25. The van der Waals surface area contributed by atoms with Crippen molar-refractivity contribution in [3.05, 3.63) is 76.9 Å². The summed E-state index contributed by atoms with van der Waals surface area (Å²) >= 11 is 1.52. The van der Waals surface area contributed by atoms with Crippen LogP contribution < -0.4 is 19.1 Å². The maximum atomic E-state index is 13.9. The number of carbonyl (C=O) groups is 1. The number of thiazole rings is 1. The molecule has 0 saturated carbocycles. The lowest BCUT2D eigenvalue weighted by Crippen LogP contribution is -2.30. The molecule has 1 heterocycles. The fourth-order valence-electron chi connectivity index (χ4n) is 3.83. The summed E-state index contributed by atoms with van der Waals surface area (Å²) < 4.78 is 17.4. The van der Waals surface area contributed by atoms with Crippen molar-refractivity contribution in [3.8, 4) is 17.2 Å². The van der Waals surface area contributed by atoms with E-state index in [0.29, 0.717) is 34.5 Å². The first-order valence-corrected chi connectivity index (χ1v) is 11.3. The molecule has 0 aliphatic carbocycles. The molecule has 0 saturated heterocycles. The molecule has 4 aromatic rings. The second kappa shape index (κ2) is 9.50. The van der Waals surface area contributed by atoms with E-state index >= 15 is 0 Å². The van der Waals surface area contributed by atoms with Crippen molar-refractivity contribution in [1.29, 1.82) is 0 Å². The standard InChI is InChI=1S/C26H26N2O4S/c1-16-11-17(2)24-20(12-16)27-26(33-24)28(15-18-9-7-6-8-10-18)25(29)19-13-21(30-3)23(32-5)22(14-19)31-4/h6-14H,15H2,1-5H3. The molecule has 0 fully saturated rings. The number of nitrogens with zero attached hydrogens (tertiary/aromatic N) is 2. The first-order chi connectivity index (χ1) is 15.9. The minimum Gasteiger partial charge on any atom is -0.493 e. The quantitative estimate of drug-likeness (QED) is 0.348. The van der Waals surface area contributed by atoms with E-state index in [1.807, 2.05) is 43.3 Å². The maximum Gasteiger partial charge on any atom is 0.260 e. The molecular weight excluding hydrogens is 436 g/mol. The van der Waals surface area contributed by atoms with Gasteiger partial charge in [0.05, 0.1) is 38.1 Å². The van der Waals surface area contributed by atoms with Crippen LogP contribution in [-0.2, 0) is 6.54 Å². The molecule has 0 bridgehead atoms. The normalized spacial score (nSPS) is 10.8. The molecule has 1 aromatic heterocycles. The van der Waals surface area contributed by atoms with E-state index in [4.69, 9.17) is 19.2 Å². The summed E-state index contributed by atoms with van der Waals surface area (Å²) in [5, 5.41) is 0.640. The average molecular weight is 463 g/mol. The summed E-state index contributed by atoms with van der Waals surface area (Å²) in [5.41, 5.74) is 4.61. The molecular formula is C26H26N2O4S. The minimum absolute atomic E-state index is 0.202. The first-order valence-electron chi connectivity index (χ1n) is 10.5. The average Bonchev–Trinajstić information content (AvgIpc) is 3.25. The number of benzene rings is 3. The van der Waals surface area contributed by atoms with Crippen molar-refractivity contribution in [3.63, 3.8) is 0 Å². The second-order valence-electron chi connectivity index (χ2n) is 7.72.